The van der Waals surface area contributed by atoms with Gasteiger partial charge in [0.05, 0.1) is 16.9 Å². The van der Waals surface area contributed by atoms with Crippen molar-refractivity contribution in [1.82, 2.24) is 15.1 Å². The van der Waals surface area contributed by atoms with E-state index in [2.05, 4.69) is 45.5 Å². The van der Waals surface area contributed by atoms with Gasteiger partial charge in [-0.2, -0.15) is 5.10 Å². The van der Waals surface area contributed by atoms with E-state index in [4.69, 9.17) is 23.8 Å². The van der Waals surface area contributed by atoms with Crippen molar-refractivity contribution in [2.75, 3.05) is 5.32 Å². The van der Waals surface area contributed by atoms with Crippen molar-refractivity contribution < 1.29 is 0 Å². The average Bonchev–Trinajstić information content (AvgIpc) is 2.80. The molecule has 112 valence electrons. The molecule has 0 aliphatic carbocycles. The summed E-state index contributed by atoms with van der Waals surface area (Å²) in [4.78, 5) is 0. The van der Waals surface area contributed by atoms with Gasteiger partial charge in [0.25, 0.3) is 0 Å². The monoisotopic (exact) mass is 386 g/mol. The summed E-state index contributed by atoms with van der Waals surface area (Å²) in [7, 11) is 0. The Labute approximate surface area is 143 Å². The lowest BCUT2D eigenvalue weighted by molar-refractivity contribution is 0.638. The molecule has 1 aromatic carbocycles. The molecule has 0 unspecified atom stereocenters. The summed E-state index contributed by atoms with van der Waals surface area (Å²) in [6.45, 7) is 5.61. The highest BCUT2D eigenvalue weighted by Crippen LogP contribution is 2.25. The van der Waals surface area contributed by atoms with Crippen LogP contribution < -0.4 is 10.6 Å². The van der Waals surface area contributed by atoms with Gasteiger partial charge in [-0.3, -0.25) is 4.68 Å². The average molecular weight is 388 g/mol. The van der Waals surface area contributed by atoms with E-state index in [1.54, 1.807) is 0 Å². The molecule has 0 atom stereocenters. The molecule has 21 heavy (non-hydrogen) atoms. The normalized spacial score (nSPS) is 10.5. The largest absolute Gasteiger partial charge is 0.358 e. The first-order chi connectivity index (χ1) is 10.0. The summed E-state index contributed by atoms with van der Waals surface area (Å²) in [5.74, 6) is 0. The summed E-state index contributed by atoms with van der Waals surface area (Å²) < 4.78 is 2.89. The van der Waals surface area contributed by atoms with Gasteiger partial charge in [0.2, 0.25) is 0 Å². The van der Waals surface area contributed by atoms with E-state index < -0.39 is 0 Å². The second-order valence-electron chi connectivity index (χ2n) is 4.50. The Morgan fingerprint density at radius 2 is 2.24 bits per heavy atom. The molecule has 1 heterocycles. The van der Waals surface area contributed by atoms with Crippen LogP contribution in [0.25, 0.3) is 0 Å². The maximum absolute atomic E-state index is 6.14. The van der Waals surface area contributed by atoms with Crippen LogP contribution in [0.4, 0.5) is 5.69 Å². The summed E-state index contributed by atoms with van der Waals surface area (Å²) in [5, 5.41) is 11.7. The summed E-state index contributed by atoms with van der Waals surface area (Å²) in [5.41, 5.74) is 3.05. The molecule has 2 N–H and O–H groups in total. The van der Waals surface area contributed by atoms with Gasteiger partial charge in [-0.15, -0.1) is 0 Å². The number of benzene rings is 1. The number of hydrogen-bond donors (Lipinski definition) is 2. The van der Waals surface area contributed by atoms with Crippen LogP contribution in [-0.2, 0) is 13.1 Å². The van der Waals surface area contributed by atoms with Crippen molar-refractivity contribution in [3.05, 3.63) is 45.1 Å². The minimum atomic E-state index is 0.530. The van der Waals surface area contributed by atoms with Crippen LogP contribution in [0.3, 0.4) is 0 Å². The van der Waals surface area contributed by atoms with Crippen LogP contribution in [0.15, 0.2) is 28.9 Å². The van der Waals surface area contributed by atoms with E-state index in [1.165, 1.54) is 0 Å². The first-order valence-corrected chi connectivity index (χ1v) is 8.10. The van der Waals surface area contributed by atoms with Crippen molar-refractivity contribution in [2.24, 2.45) is 0 Å². The third kappa shape index (κ3) is 4.18. The van der Waals surface area contributed by atoms with Crippen LogP contribution in [-0.4, -0.2) is 14.9 Å². The predicted octanol–water partition coefficient (Wildman–Crippen LogP) is 4.11. The zero-order chi connectivity index (χ0) is 15.4. The zero-order valence-corrected chi connectivity index (χ0v) is 14.9. The third-order valence-electron chi connectivity index (χ3n) is 3.12. The molecule has 0 aliphatic rings. The fourth-order valence-electron chi connectivity index (χ4n) is 1.91. The molecule has 2 aromatic rings. The zero-order valence-electron chi connectivity index (χ0n) is 11.8. The van der Waals surface area contributed by atoms with Crippen LogP contribution in [0.5, 0.6) is 0 Å². The van der Waals surface area contributed by atoms with Crippen LogP contribution >= 0.6 is 39.7 Å². The first kappa shape index (κ1) is 16.3. The second kappa shape index (κ2) is 7.24. The minimum absolute atomic E-state index is 0.530. The summed E-state index contributed by atoms with van der Waals surface area (Å²) in [6, 6.07) is 5.61. The molecular formula is C14H16BrClN4S. The fourth-order valence-corrected chi connectivity index (χ4v) is 2.81. The van der Waals surface area contributed by atoms with E-state index in [0.717, 1.165) is 28.0 Å². The Kier molecular flexibility index (Phi) is 5.61. The Bertz CT molecular complexity index is 656. The number of rotatable bonds is 4. The number of nitrogens with one attached hydrogen (secondary N) is 2. The quantitative estimate of drug-likeness (QED) is 0.775. The molecule has 4 nitrogen and oxygen atoms in total. The van der Waals surface area contributed by atoms with Gasteiger partial charge in [-0.05, 0) is 44.3 Å². The van der Waals surface area contributed by atoms with Gasteiger partial charge in [-0.1, -0.05) is 27.5 Å². The van der Waals surface area contributed by atoms with Crippen molar-refractivity contribution >= 4 is 50.5 Å². The number of aromatic nitrogens is 2. The van der Waals surface area contributed by atoms with Crippen LogP contribution in [0.1, 0.15) is 18.2 Å². The summed E-state index contributed by atoms with van der Waals surface area (Å²) in [6.07, 6.45) is 1.86. The van der Waals surface area contributed by atoms with Gasteiger partial charge in [0.15, 0.2) is 5.11 Å². The van der Waals surface area contributed by atoms with Gasteiger partial charge in [0, 0.05) is 28.8 Å². The number of aryl methyl sites for hydroxylation is 1. The Hall–Kier alpha value is -1.11. The van der Waals surface area contributed by atoms with Gasteiger partial charge < -0.3 is 10.6 Å². The van der Waals surface area contributed by atoms with Crippen molar-refractivity contribution in [3.63, 3.8) is 0 Å². The smallest absolute Gasteiger partial charge is 0.171 e. The Morgan fingerprint density at radius 1 is 1.48 bits per heavy atom. The molecule has 0 aliphatic heterocycles. The van der Waals surface area contributed by atoms with E-state index in [9.17, 15) is 0 Å². The van der Waals surface area contributed by atoms with Crippen LogP contribution in [0, 0.1) is 6.92 Å². The molecule has 0 spiro atoms. The Morgan fingerprint density at radius 3 is 2.86 bits per heavy atom. The summed E-state index contributed by atoms with van der Waals surface area (Å²) >= 11 is 14.8. The van der Waals surface area contributed by atoms with Gasteiger partial charge in [-0.25, -0.2) is 0 Å². The van der Waals surface area contributed by atoms with E-state index >= 15 is 0 Å². The molecule has 1 aromatic heterocycles. The molecule has 0 bridgehead atoms. The molecule has 0 saturated heterocycles. The maximum Gasteiger partial charge on any atom is 0.171 e. The molecule has 0 saturated carbocycles. The number of anilines is 1. The first-order valence-electron chi connectivity index (χ1n) is 6.52. The molecular weight excluding hydrogens is 372 g/mol. The fraction of sp³-hybridized carbons (Fsp3) is 0.286. The maximum atomic E-state index is 6.14. The predicted molar refractivity (Wildman–Crippen MR) is 94.9 cm³/mol. The van der Waals surface area contributed by atoms with E-state index in [-0.39, 0.29) is 0 Å². The lowest BCUT2D eigenvalue weighted by atomic mass is 10.2. The topological polar surface area (TPSA) is 41.9 Å². The lowest BCUT2D eigenvalue weighted by Crippen LogP contribution is -2.28. The van der Waals surface area contributed by atoms with Crippen molar-refractivity contribution in [1.29, 1.82) is 0 Å². The van der Waals surface area contributed by atoms with E-state index in [0.29, 0.717) is 16.7 Å². The standard InChI is InChI=1S/C14H16BrClN4S/c1-3-20-9(2)10(8-18-20)7-17-14(21)19-13-5-4-11(15)6-12(13)16/h4-6,8H,3,7H2,1-2H3,(H2,17,19,21). The molecule has 2 rings (SSSR count). The molecule has 7 heteroatoms. The second-order valence-corrected chi connectivity index (χ2v) is 6.23. The number of halogens is 2. The van der Waals surface area contributed by atoms with Crippen molar-refractivity contribution in [2.45, 2.75) is 26.9 Å². The number of nitrogens with zero attached hydrogens (tertiary/aromatic N) is 2. The lowest BCUT2D eigenvalue weighted by Gasteiger charge is -2.12. The molecule has 0 amide bonds. The molecule has 0 fully saturated rings. The SMILES string of the molecule is CCn1ncc(CNC(=S)Nc2ccc(Br)cc2Cl)c1C. The van der Waals surface area contributed by atoms with Crippen molar-refractivity contribution in [3.8, 4) is 0 Å². The highest BCUT2D eigenvalue weighted by atomic mass is 79.9. The highest BCUT2D eigenvalue weighted by Gasteiger charge is 2.07. The highest BCUT2D eigenvalue weighted by molar-refractivity contribution is 9.10. The van der Waals surface area contributed by atoms with E-state index in [1.807, 2.05) is 29.1 Å². The number of hydrogen-bond acceptors (Lipinski definition) is 2. The minimum Gasteiger partial charge on any atom is -0.358 e. The molecule has 0 radical (unpaired) electrons. The third-order valence-corrected chi connectivity index (χ3v) is 4.18. The number of thiocarbonyl (C=S) groups is 1. The van der Waals surface area contributed by atoms with Gasteiger partial charge >= 0.3 is 0 Å². The van der Waals surface area contributed by atoms with Gasteiger partial charge in [0.1, 0.15) is 0 Å². The van der Waals surface area contributed by atoms with Crippen LogP contribution in [0.2, 0.25) is 5.02 Å². The Balaban J connectivity index is 1.94.